The Bertz CT molecular complexity index is 698. The van der Waals surface area contributed by atoms with Gasteiger partial charge in [-0.05, 0) is 12.1 Å². The van der Waals surface area contributed by atoms with Crippen molar-refractivity contribution in [2.24, 2.45) is 0 Å². The molecule has 2 amide bonds. The standard InChI is InChI=1S/C12H12N6O3/c19-11(20)10-8(2-1-3-13-10)15-12(21)17-4-5-18-7-14-16-9(18)6-17/h1-3,7H,4-6H2,(H,15,21)(H,19,20). The molecule has 0 fully saturated rings. The molecule has 0 saturated heterocycles. The van der Waals surface area contributed by atoms with Gasteiger partial charge in [0.2, 0.25) is 0 Å². The normalized spacial score (nSPS) is 13.6. The van der Waals surface area contributed by atoms with Crippen LogP contribution in [-0.4, -0.2) is 48.3 Å². The molecule has 9 nitrogen and oxygen atoms in total. The van der Waals surface area contributed by atoms with E-state index in [0.29, 0.717) is 25.5 Å². The molecule has 0 saturated carbocycles. The van der Waals surface area contributed by atoms with Crippen LogP contribution >= 0.6 is 0 Å². The molecule has 0 aliphatic carbocycles. The first kappa shape index (κ1) is 13.0. The number of pyridine rings is 1. The van der Waals surface area contributed by atoms with Gasteiger partial charge in [0, 0.05) is 19.3 Å². The number of carbonyl (C=O) groups is 2. The minimum Gasteiger partial charge on any atom is -0.476 e. The summed E-state index contributed by atoms with van der Waals surface area (Å²) in [7, 11) is 0. The summed E-state index contributed by atoms with van der Waals surface area (Å²) in [5.74, 6) is -0.495. The molecule has 2 N–H and O–H groups in total. The number of carboxylic acids is 1. The van der Waals surface area contributed by atoms with Crippen LogP contribution in [0.2, 0.25) is 0 Å². The molecule has 2 aromatic rings. The summed E-state index contributed by atoms with van der Waals surface area (Å²) in [6.07, 6.45) is 2.98. The zero-order valence-corrected chi connectivity index (χ0v) is 10.9. The zero-order chi connectivity index (χ0) is 14.8. The van der Waals surface area contributed by atoms with E-state index in [1.54, 1.807) is 17.3 Å². The van der Waals surface area contributed by atoms with Crippen molar-refractivity contribution in [2.45, 2.75) is 13.1 Å². The average Bonchev–Trinajstić information content (AvgIpc) is 2.94. The van der Waals surface area contributed by atoms with Gasteiger partial charge in [0.15, 0.2) is 11.5 Å². The topological polar surface area (TPSA) is 113 Å². The monoisotopic (exact) mass is 288 g/mol. The van der Waals surface area contributed by atoms with Crippen molar-refractivity contribution >= 4 is 17.7 Å². The molecule has 0 radical (unpaired) electrons. The summed E-state index contributed by atoms with van der Waals surface area (Å²) in [6, 6.07) is 2.68. The van der Waals surface area contributed by atoms with Gasteiger partial charge in [-0.25, -0.2) is 14.6 Å². The molecule has 2 aromatic heterocycles. The molecule has 0 spiro atoms. The van der Waals surface area contributed by atoms with Crippen LogP contribution in [0.25, 0.3) is 0 Å². The summed E-state index contributed by atoms with van der Waals surface area (Å²) < 4.78 is 1.87. The number of amides is 2. The molecule has 108 valence electrons. The number of hydrogen-bond acceptors (Lipinski definition) is 5. The van der Waals surface area contributed by atoms with Gasteiger partial charge in [-0.15, -0.1) is 10.2 Å². The second kappa shape index (κ2) is 5.19. The number of aromatic carboxylic acids is 1. The summed E-state index contributed by atoms with van der Waals surface area (Å²) in [4.78, 5) is 28.6. The predicted octanol–water partition coefficient (Wildman–Crippen LogP) is 0.419. The predicted molar refractivity (Wildman–Crippen MR) is 70.6 cm³/mol. The summed E-state index contributed by atoms with van der Waals surface area (Å²) in [5.41, 5.74) is -0.0203. The number of fused-ring (bicyclic) bond motifs is 1. The van der Waals surface area contributed by atoms with E-state index in [0.717, 1.165) is 0 Å². The van der Waals surface area contributed by atoms with Gasteiger partial charge >= 0.3 is 12.0 Å². The average molecular weight is 288 g/mol. The van der Waals surface area contributed by atoms with Crippen molar-refractivity contribution < 1.29 is 14.7 Å². The largest absolute Gasteiger partial charge is 0.476 e. The number of hydrogen-bond donors (Lipinski definition) is 2. The van der Waals surface area contributed by atoms with E-state index in [1.807, 2.05) is 4.57 Å². The fraction of sp³-hybridized carbons (Fsp3) is 0.250. The van der Waals surface area contributed by atoms with Gasteiger partial charge in [-0.1, -0.05) is 0 Å². The number of nitrogens with one attached hydrogen (secondary N) is 1. The van der Waals surface area contributed by atoms with Crippen LogP contribution in [0.3, 0.4) is 0 Å². The van der Waals surface area contributed by atoms with Crippen LogP contribution in [0.15, 0.2) is 24.7 Å². The Morgan fingerprint density at radius 2 is 2.19 bits per heavy atom. The van der Waals surface area contributed by atoms with Gasteiger partial charge in [0.05, 0.1) is 12.2 Å². The lowest BCUT2D eigenvalue weighted by atomic mass is 10.3. The maximum atomic E-state index is 12.2. The van der Waals surface area contributed by atoms with Crippen LogP contribution in [0.4, 0.5) is 10.5 Å². The third kappa shape index (κ3) is 2.53. The molecule has 0 bridgehead atoms. The number of rotatable bonds is 2. The lowest BCUT2D eigenvalue weighted by molar-refractivity contribution is 0.0691. The van der Waals surface area contributed by atoms with Gasteiger partial charge in [-0.3, -0.25) is 0 Å². The summed E-state index contributed by atoms with van der Waals surface area (Å²) in [5, 5.41) is 19.3. The number of aromatic nitrogens is 4. The van der Waals surface area contributed by atoms with Gasteiger partial charge in [0.25, 0.3) is 0 Å². The Hall–Kier alpha value is -2.97. The fourth-order valence-electron chi connectivity index (χ4n) is 2.11. The lowest BCUT2D eigenvalue weighted by Crippen LogP contribution is -2.41. The molecule has 3 heterocycles. The Morgan fingerprint density at radius 1 is 1.33 bits per heavy atom. The highest BCUT2D eigenvalue weighted by molar-refractivity contribution is 5.98. The second-order valence-corrected chi connectivity index (χ2v) is 4.50. The molecule has 3 rings (SSSR count). The van der Waals surface area contributed by atoms with E-state index >= 15 is 0 Å². The van der Waals surface area contributed by atoms with E-state index in [1.165, 1.54) is 12.3 Å². The highest BCUT2D eigenvalue weighted by Crippen LogP contribution is 2.15. The highest BCUT2D eigenvalue weighted by atomic mass is 16.4. The van der Waals surface area contributed by atoms with E-state index in [2.05, 4.69) is 20.5 Å². The van der Waals surface area contributed by atoms with E-state index < -0.39 is 5.97 Å². The zero-order valence-electron chi connectivity index (χ0n) is 10.9. The lowest BCUT2D eigenvalue weighted by Gasteiger charge is -2.27. The summed E-state index contributed by atoms with van der Waals surface area (Å²) >= 11 is 0. The van der Waals surface area contributed by atoms with Crippen molar-refractivity contribution in [3.8, 4) is 0 Å². The van der Waals surface area contributed by atoms with Crippen LogP contribution in [0.1, 0.15) is 16.3 Å². The minimum atomic E-state index is -1.19. The molecule has 21 heavy (non-hydrogen) atoms. The number of carboxylic acid groups (broad SMARTS) is 1. The maximum Gasteiger partial charge on any atom is 0.356 e. The van der Waals surface area contributed by atoms with Crippen LogP contribution in [0.5, 0.6) is 0 Å². The minimum absolute atomic E-state index is 0.169. The van der Waals surface area contributed by atoms with Crippen molar-refractivity contribution in [2.75, 3.05) is 11.9 Å². The van der Waals surface area contributed by atoms with Gasteiger partial charge in [-0.2, -0.15) is 0 Å². The smallest absolute Gasteiger partial charge is 0.356 e. The van der Waals surface area contributed by atoms with E-state index in [4.69, 9.17) is 5.11 Å². The SMILES string of the molecule is O=C(O)c1ncccc1NC(=O)N1CCn2cnnc2C1. The van der Waals surface area contributed by atoms with Gasteiger partial charge in [0.1, 0.15) is 6.33 Å². The fourth-order valence-corrected chi connectivity index (χ4v) is 2.11. The quantitative estimate of drug-likeness (QED) is 0.828. The molecular weight excluding hydrogens is 276 g/mol. The molecule has 9 heteroatoms. The van der Waals surface area contributed by atoms with Crippen LogP contribution < -0.4 is 5.32 Å². The van der Waals surface area contributed by atoms with Crippen molar-refractivity contribution in [3.05, 3.63) is 36.2 Å². The first-order valence-corrected chi connectivity index (χ1v) is 6.26. The number of urea groups is 1. The summed E-state index contributed by atoms with van der Waals surface area (Å²) in [6.45, 7) is 1.43. The molecule has 1 aliphatic heterocycles. The number of nitrogens with zero attached hydrogens (tertiary/aromatic N) is 5. The Balaban J connectivity index is 1.75. The highest BCUT2D eigenvalue weighted by Gasteiger charge is 2.23. The third-order valence-electron chi connectivity index (χ3n) is 3.18. The van der Waals surface area contributed by atoms with Crippen molar-refractivity contribution in [1.29, 1.82) is 0 Å². The maximum absolute atomic E-state index is 12.2. The second-order valence-electron chi connectivity index (χ2n) is 4.50. The Morgan fingerprint density at radius 3 is 3.00 bits per heavy atom. The molecule has 0 atom stereocenters. The number of carbonyl (C=O) groups excluding carboxylic acids is 1. The Kier molecular flexibility index (Phi) is 3.22. The molecule has 1 aliphatic rings. The van der Waals surface area contributed by atoms with Gasteiger partial charge < -0.3 is 19.9 Å². The Labute approximate surface area is 119 Å². The molecular formula is C12H12N6O3. The number of anilines is 1. The van der Waals surface area contributed by atoms with E-state index in [-0.39, 0.29) is 17.4 Å². The van der Waals surface area contributed by atoms with E-state index in [9.17, 15) is 9.59 Å². The van der Waals surface area contributed by atoms with Crippen LogP contribution in [-0.2, 0) is 13.1 Å². The third-order valence-corrected chi connectivity index (χ3v) is 3.18. The molecule has 0 aromatic carbocycles. The van der Waals surface area contributed by atoms with Crippen molar-refractivity contribution in [1.82, 2.24) is 24.6 Å². The first-order chi connectivity index (χ1) is 10.1. The van der Waals surface area contributed by atoms with Crippen molar-refractivity contribution in [3.63, 3.8) is 0 Å². The molecule has 0 unspecified atom stereocenters. The first-order valence-electron chi connectivity index (χ1n) is 6.26. The van der Waals surface area contributed by atoms with Crippen LogP contribution in [0, 0.1) is 0 Å².